The van der Waals surface area contributed by atoms with E-state index in [9.17, 15) is 9.59 Å². The Labute approximate surface area is 262 Å². The molecule has 1 aromatic heterocycles. The lowest BCUT2D eigenvalue weighted by molar-refractivity contribution is -0.142. The maximum Gasteiger partial charge on any atom is 0.222 e. The second-order valence-corrected chi connectivity index (χ2v) is 12.7. The summed E-state index contributed by atoms with van der Waals surface area (Å²) in [6, 6.07) is 20.7. The summed E-state index contributed by atoms with van der Waals surface area (Å²) in [6.07, 6.45) is 12.2. The van der Waals surface area contributed by atoms with Crippen molar-refractivity contribution in [1.82, 2.24) is 24.6 Å². The van der Waals surface area contributed by atoms with Crippen LogP contribution in [-0.4, -0.2) is 67.8 Å². The van der Waals surface area contributed by atoms with E-state index < -0.39 is 0 Å². The molecule has 1 unspecified atom stereocenters. The van der Waals surface area contributed by atoms with E-state index in [1.165, 1.54) is 37.7 Å². The highest BCUT2D eigenvalue weighted by Gasteiger charge is 2.29. The fourth-order valence-electron chi connectivity index (χ4n) is 5.75. The third-order valence-corrected chi connectivity index (χ3v) is 9.25. The number of carbonyl (C=O) groups is 2. The number of thioether (sulfide) groups is 1. The van der Waals surface area contributed by atoms with Crippen LogP contribution in [0.3, 0.4) is 0 Å². The molecular weight excluding hydrogens is 554 g/mol. The monoisotopic (exact) mass is 603 g/mol. The third kappa shape index (κ3) is 10.2. The highest BCUT2D eigenvalue weighted by atomic mass is 32.2. The summed E-state index contributed by atoms with van der Waals surface area (Å²) in [4.78, 5) is 29.7. The van der Waals surface area contributed by atoms with Crippen molar-refractivity contribution in [2.45, 2.75) is 102 Å². The van der Waals surface area contributed by atoms with Gasteiger partial charge in [-0.15, -0.1) is 10.2 Å². The molecule has 0 aliphatic carbocycles. The molecule has 0 N–H and O–H groups in total. The third-order valence-electron chi connectivity index (χ3n) is 8.23. The Morgan fingerprint density at radius 2 is 1.44 bits per heavy atom. The molecule has 43 heavy (non-hydrogen) atoms. The van der Waals surface area contributed by atoms with Gasteiger partial charge >= 0.3 is 0 Å². The largest absolute Gasteiger partial charge is 0.339 e. The van der Waals surface area contributed by atoms with E-state index in [-0.39, 0.29) is 17.9 Å². The van der Waals surface area contributed by atoms with Crippen LogP contribution in [0.5, 0.6) is 0 Å². The molecule has 2 aromatic carbocycles. The van der Waals surface area contributed by atoms with Crippen LogP contribution in [-0.2, 0) is 16.0 Å². The molecule has 1 aliphatic rings. The number of unbranched alkanes of at least 4 members (excludes halogenated alkanes) is 7. The number of nitrogens with zero attached hydrogens (tertiary/aromatic N) is 5. The van der Waals surface area contributed by atoms with E-state index >= 15 is 0 Å². The van der Waals surface area contributed by atoms with Crippen LogP contribution < -0.4 is 0 Å². The van der Waals surface area contributed by atoms with Gasteiger partial charge in [-0.1, -0.05) is 106 Å². The van der Waals surface area contributed by atoms with Gasteiger partial charge in [-0.05, 0) is 43.9 Å². The zero-order valence-corrected chi connectivity index (χ0v) is 26.9. The lowest BCUT2D eigenvalue weighted by Crippen LogP contribution is -2.55. The molecule has 0 saturated carbocycles. The van der Waals surface area contributed by atoms with Crippen molar-refractivity contribution in [3.8, 4) is 5.69 Å². The molecule has 7 nitrogen and oxygen atoms in total. The molecule has 1 atom stereocenters. The molecule has 3 aromatic rings. The molecule has 1 aliphatic heterocycles. The van der Waals surface area contributed by atoms with Crippen molar-refractivity contribution >= 4 is 23.6 Å². The minimum atomic E-state index is 0.0831. The van der Waals surface area contributed by atoms with Crippen LogP contribution in [0.4, 0.5) is 0 Å². The van der Waals surface area contributed by atoms with Gasteiger partial charge in [0.25, 0.3) is 0 Å². The highest BCUT2D eigenvalue weighted by molar-refractivity contribution is 7.99. The number of aromatic nitrogens is 3. The number of amides is 2. The minimum absolute atomic E-state index is 0.0831. The number of piperazine rings is 1. The number of hydrogen-bond acceptors (Lipinski definition) is 5. The Kier molecular flexibility index (Phi) is 13.6. The van der Waals surface area contributed by atoms with E-state index in [0.717, 1.165) is 48.1 Å². The number of para-hydroxylation sites is 1. The summed E-state index contributed by atoms with van der Waals surface area (Å²) >= 11 is 1.70. The number of rotatable bonds is 17. The van der Waals surface area contributed by atoms with Crippen molar-refractivity contribution < 1.29 is 9.59 Å². The predicted molar refractivity (Wildman–Crippen MR) is 176 cm³/mol. The first-order valence-electron chi connectivity index (χ1n) is 16.3. The Morgan fingerprint density at radius 1 is 0.791 bits per heavy atom. The van der Waals surface area contributed by atoms with Crippen LogP contribution >= 0.6 is 11.8 Å². The van der Waals surface area contributed by atoms with Crippen LogP contribution in [0.1, 0.15) is 95.9 Å². The standard InChI is InChI=1S/C35H49N5O2S/c1-3-4-5-6-7-8-15-23-34(42)39-25-24-38(28-29(39)2)33(41)22-16-17-26-43-35-37-36-32(27-30-18-11-9-12-19-30)40(35)31-20-13-10-14-21-31/h9-14,18-21,29H,3-8,15-17,22-28H2,1-2H3. The smallest absolute Gasteiger partial charge is 0.222 e. The van der Waals surface area contributed by atoms with Gasteiger partial charge in [-0.3, -0.25) is 14.2 Å². The van der Waals surface area contributed by atoms with Gasteiger partial charge in [0.15, 0.2) is 5.16 Å². The maximum atomic E-state index is 13.0. The van der Waals surface area contributed by atoms with Gasteiger partial charge in [0.05, 0.1) is 0 Å². The normalized spacial score (nSPS) is 15.2. The molecule has 8 heteroatoms. The Bertz CT molecular complexity index is 1250. The zero-order valence-electron chi connectivity index (χ0n) is 26.1. The fourth-order valence-corrected chi connectivity index (χ4v) is 6.72. The minimum Gasteiger partial charge on any atom is -0.339 e. The van der Waals surface area contributed by atoms with Gasteiger partial charge in [0, 0.05) is 56.4 Å². The van der Waals surface area contributed by atoms with Crippen molar-refractivity contribution in [3.63, 3.8) is 0 Å². The van der Waals surface area contributed by atoms with Crippen LogP contribution in [0.15, 0.2) is 65.8 Å². The topological polar surface area (TPSA) is 71.3 Å². The van der Waals surface area contributed by atoms with Crippen molar-refractivity contribution in [2.24, 2.45) is 0 Å². The molecule has 232 valence electrons. The van der Waals surface area contributed by atoms with E-state index in [2.05, 4.69) is 52.9 Å². The Balaban J connectivity index is 1.17. The molecule has 0 spiro atoms. The van der Waals surface area contributed by atoms with Gasteiger partial charge in [0.1, 0.15) is 5.82 Å². The molecule has 2 heterocycles. The quantitative estimate of drug-likeness (QED) is 0.119. The first-order chi connectivity index (χ1) is 21.1. The maximum absolute atomic E-state index is 13.0. The number of hydrogen-bond donors (Lipinski definition) is 0. The zero-order chi connectivity index (χ0) is 30.3. The predicted octanol–water partition coefficient (Wildman–Crippen LogP) is 7.32. The van der Waals surface area contributed by atoms with Crippen LogP contribution in [0.25, 0.3) is 5.69 Å². The highest BCUT2D eigenvalue weighted by Crippen LogP contribution is 2.25. The van der Waals surface area contributed by atoms with E-state index in [1.54, 1.807) is 11.8 Å². The van der Waals surface area contributed by atoms with Crippen molar-refractivity contribution in [2.75, 3.05) is 25.4 Å². The SMILES string of the molecule is CCCCCCCCCC(=O)N1CCN(C(=O)CCCCSc2nnc(Cc3ccccc3)n2-c2ccccc2)CC1C. The first kappa shape index (κ1) is 32.8. The second-order valence-electron chi connectivity index (χ2n) is 11.7. The molecule has 0 radical (unpaired) electrons. The Morgan fingerprint density at radius 3 is 2.16 bits per heavy atom. The molecule has 2 amide bonds. The van der Waals surface area contributed by atoms with Gasteiger partial charge in [-0.25, -0.2) is 0 Å². The number of benzene rings is 2. The number of carbonyl (C=O) groups excluding carboxylic acids is 2. The summed E-state index contributed by atoms with van der Waals surface area (Å²) in [5.41, 5.74) is 2.26. The fraction of sp³-hybridized carbons (Fsp3) is 0.543. The van der Waals surface area contributed by atoms with Crippen LogP contribution in [0.2, 0.25) is 0 Å². The van der Waals surface area contributed by atoms with Gasteiger partial charge < -0.3 is 9.80 Å². The van der Waals surface area contributed by atoms with Crippen LogP contribution in [0, 0.1) is 0 Å². The van der Waals surface area contributed by atoms with E-state index in [0.29, 0.717) is 38.9 Å². The molecule has 1 fully saturated rings. The van der Waals surface area contributed by atoms with Crippen molar-refractivity contribution in [1.29, 1.82) is 0 Å². The van der Waals surface area contributed by atoms with E-state index in [1.807, 2.05) is 46.2 Å². The lowest BCUT2D eigenvalue weighted by Gasteiger charge is -2.40. The first-order valence-corrected chi connectivity index (χ1v) is 17.3. The average Bonchev–Trinajstić information content (AvgIpc) is 3.43. The molecular formula is C35H49N5O2S. The van der Waals surface area contributed by atoms with E-state index in [4.69, 9.17) is 0 Å². The summed E-state index contributed by atoms with van der Waals surface area (Å²) in [5, 5.41) is 9.95. The molecule has 4 rings (SSSR count). The summed E-state index contributed by atoms with van der Waals surface area (Å²) in [5.74, 6) is 2.25. The van der Waals surface area contributed by atoms with Crippen molar-refractivity contribution in [3.05, 3.63) is 72.1 Å². The lowest BCUT2D eigenvalue weighted by atomic mass is 10.1. The van der Waals surface area contributed by atoms with Gasteiger partial charge in [-0.2, -0.15) is 0 Å². The summed E-state index contributed by atoms with van der Waals surface area (Å²) < 4.78 is 2.15. The molecule has 0 bridgehead atoms. The average molecular weight is 604 g/mol. The second kappa shape index (κ2) is 17.9. The van der Waals surface area contributed by atoms with Gasteiger partial charge in [0.2, 0.25) is 11.8 Å². The summed E-state index contributed by atoms with van der Waals surface area (Å²) in [7, 11) is 0. The Hall–Kier alpha value is -3.13. The molecule has 1 saturated heterocycles. The summed E-state index contributed by atoms with van der Waals surface area (Å²) in [6.45, 7) is 6.25.